The van der Waals surface area contributed by atoms with Crippen LogP contribution in [0.4, 0.5) is 0 Å². The topological polar surface area (TPSA) is 112 Å². The number of rotatable bonds is 7. The second kappa shape index (κ2) is 11.4. The van der Waals surface area contributed by atoms with E-state index in [1.54, 1.807) is 36.0 Å². The van der Waals surface area contributed by atoms with Crippen molar-refractivity contribution in [1.29, 1.82) is 0 Å². The number of fused-ring (bicyclic) bond motifs is 1. The third-order valence-electron chi connectivity index (χ3n) is 7.29. The van der Waals surface area contributed by atoms with Crippen molar-refractivity contribution in [2.24, 2.45) is 5.92 Å². The summed E-state index contributed by atoms with van der Waals surface area (Å²) in [6.45, 7) is 2.70. The molecule has 4 rings (SSSR count). The number of pyridine rings is 1. The predicted octanol–water partition coefficient (Wildman–Crippen LogP) is 3.12. The van der Waals surface area contributed by atoms with Crippen molar-refractivity contribution in [3.05, 3.63) is 60.5 Å². The van der Waals surface area contributed by atoms with E-state index in [0.29, 0.717) is 82.6 Å². The number of halogens is 2. The lowest BCUT2D eigenvalue weighted by Gasteiger charge is -2.36. The summed E-state index contributed by atoms with van der Waals surface area (Å²) < 4.78 is 11.3. The first-order chi connectivity index (χ1) is 17.7. The lowest BCUT2D eigenvalue weighted by atomic mass is 9.85. The van der Waals surface area contributed by atoms with Gasteiger partial charge in [0.05, 0.1) is 35.9 Å². The summed E-state index contributed by atoms with van der Waals surface area (Å²) in [4.78, 5) is 44.1. The summed E-state index contributed by atoms with van der Waals surface area (Å²) in [5.41, 5.74) is 2.35. The van der Waals surface area contributed by atoms with E-state index in [1.165, 1.54) is 7.11 Å². The van der Waals surface area contributed by atoms with Gasteiger partial charge in [0, 0.05) is 43.0 Å². The van der Waals surface area contributed by atoms with Crippen LogP contribution in [0.25, 0.3) is 0 Å². The summed E-state index contributed by atoms with van der Waals surface area (Å²) in [5, 5.41) is 9.89. The highest BCUT2D eigenvalue weighted by atomic mass is 35.5. The van der Waals surface area contributed by atoms with Gasteiger partial charge in [0.15, 0.2) is 0 Å². The van der Waals surface area contributed by atoms with Crippen LogP contribution in [0.15, 0.2) is 16.9 Å². The number of hydrogen-bond donors (Lipinski definition) is 2. The molecule has 0 bridgehead atoms. The van der Waals surface area contributed by atoms with Gasteiger partial charge in [-0.15, -0.1) is 0 Å². The average molecular weight is 552 g/mol. The fourth-order valence-electron chi connectivity index (χ4n) is 5.35. The van der Waals surface area contributed by atoms with E-state index >= 15 is 0 Å². The Morgan fingerprint density at radius 1 is 1.19 bits per heavy atom. The molecule has 0 aliphatic carbocycles. The third-order valence-corrected chi connectivity index (χ3v) is 8.04. The number of H-pyrrole nitrogens is 1. The minimum absolute atomic E-state index is 0.0459. The predicted molar refractivity (Wildman–Crippen MR) is 139 cm³/mol. The van der Waals surface area contributed by atoms with Gasteiger partial charge < -0.3 is 29.4 Å². The number of aryl methyl sites for hydroxylation is 1. The summed E-state index contributed by atoms with van der Waals surface area (Å²) in [5.74, 6) is -0.139. The quantitative estimate of drug-likeness (QED) is 0.546. The molecule has 1 saturated heterocycles. The number of carbonyl (C=O) groups is 2. The van der Waals surface area contributed by atoms with Crippen molar-refractivity contribution >= 4 is 35.0 Å². The molecule has 0 saturated carbocycles. The number of nitrogens with zero attached hydrogens (tertiary/aromatic N) is 2. The molecule has 0 spiro atoms. The van der Waals surface area contributed by atoms with Gasteiger partial charge in [-0.3, -0.25) is 14.4 Å². The number of nitrogens with one attached hydrogen (secondary N) is 1. The molecule has 0 radical (unpaired) electrons. The second-order valence-electron chi connectivity index (χ2n) is 9.45. The Balaban J connectivity index is 1.63. The highest BCUT2D eigenvalue weighted by molar-refractivity contribution is 6.37. The van der Waals surface area contributed by atoms with Gasteiger partial charge in [-0.25, -0.2) is 0 Å². The van der Waals surface area contributed by atoms with Crippen LogP contribution < -0.4 is 10.3 Å². The maximum absolute atomic E-state index is 13.7. The maximum Gasteiger partial charge on any atom is 0.256 e. The number of aromatic amines is 1. The van der Waals surface area contributed by atoms with E-state index in [4.69, 9.17) is 37.8 Å². The van der Waals surface area contributed by atoms with Gasteiger partial charge in [0.2, 0.25) is 5.91 Å². The van der Waals surface area contributed by atoms with Crippen molar-refractivity contribution < 1.29 is 24.2 Å². The number of aliphatic hydroxyl groups excluding tert-OH is 1. The summed E-state index contributed by atoms with van der Waals surface area (Å²) in [6.07, 6.45) is 1.38. The number of amides is 2. The van der Waals surface area contributed by atoms with Crippen LogP contribution in [-0.2, 0) is 22.5 Å². The number of benzene rings is 1. The number of likely N-dealkylation sites (tertiary alicyclic amines) is 1. The zero-order chi connectivity index (χ0) is 26.9. The number of piperidine rings is 1. The molecule has 2 aromatic rings. The minimum atomic E-state index is -0.510. The van der Waals surface area contributed by atoms with Crippen molar-refractivity contribution in [3.8, 4) is 5.75 Å². The monoisotopic (exact) mass is 551 g/mol. The molecule has 1 aromatic carbocycles. The van der Waals surface area contributed by atoms with E-state index in [0.717, 1.165) is 0 Å². The zero-order valence-electron chi connectivity index (χ0n) is 21.1. The zero-order valence-corrected chi connectivity index (χ0v) is 22.6. The molecule has 2 amide bonds. The number of aliphatic hydroxyl groups is 1. The Kier molecular flexibility index (Phi) is 8.48. The van der Waals surface area contributed by atoms with Gasteiger partial charge >= 0.3 is 0 Å². The Bertz CT molecular complexity index is 1260. The second-order valence-corrected chi connectivity index (χ2v) is 10.2. The molecular weight excluding hydrogens is 521 g/mol. The fourth-order valence-corrected chi connectivity index (χ4v) is 6.01. The molecule has 200 valence electrons. The van der Waals surface area contributed by atoms with Crippen LogP contribution >= 0.6 is 23.2 Å². The van der Waals surface area contributed by atoms with Crippen LogP contribution in [0.2, 0.25) is 10.0 Å². The van der Waals surface area contributed by atoms with Crippen molar-refractivity contribution in [2.75, 3.05) is 40.5 Å². The van der Waals surface area contributed by atoms with Gasteiger partial charge in [0.25, 0.3) is 11.5 Å². The number of aromatic nitrogens is 1. The molecular formula is C26H31Cl2N3O6. The Morgan fingerprint density at radius 2 is 1.89 bits per heavy atom. The molecule has 3 heterocycles. The van der Waals surface area contributed by atoms with Gasteiger partial charge in [-0.2, -0.15) is 0 Å². The standard InChI is InChI=1S/C26H31Cl2N3O6/c1-14-10-20(36-2)18(25(34)29-14)12-31-9-6-16-19(27)11-17(23(28)22(16)26(31)35)24(37-3)15-4-7-30(8-5-15)21(33)13-32/h10-11,15,24,32H,4-9,12-13H2,1-3H3,(H,29,34). The lowest BCUT2D eigenvalue weighted by molar-refractivity contribution is -0.136. The molecule has 9 nitrogen and oxygen atoms in total. The van der Waals surface area contributed by atoms with Crippen LogP contribution in [0.1, 0.15) is 51.7 Å². The first kappa shape index (κ1) is 27.4. The van der Waals surface area contributed by atoms with Crippen molar-refractivity contribution in [3.63, 3.8) is 0 Å². The Labute approximate surface area is 225 Å². The van der Waals surface area contributed by atoms with Crippen molar-refractivity contribution in [1.82, 2.24) is 14.8 Å². The minimum Gasteiger partial charge on any atom is -0.496 e. The number of carbonyl (C=O) groups excluding carboxylic acids is 2. The highest BCUT2D eigenvalue weighted by Crippen LogP contribution is 2.42. The van der Waals surface area contributed by atoms with E-state index in [-0.39, 0.29) is 29.8 Å². The van der Waals surface area contributed by atoms with Crippen LogP contribution in [-0.4, -0.2) is 72.2 Å². The van der Waals surface area contributed by atoms with E-state index in [1.807, 2.05) is 0 Å². The van der Waals surface area contributed by atoms with E-state index in [9.17, 15) is 14.4 Å². The number of hydrogen-bond acceptors (Lipinski definition) is 6. The first-order valence-corrected chi connectivity index (χ1v) is 12.9. The Morgan fingerprint density at radius 3 is 2.51 bits per heavy atom. The molecule has 2 aliphatic rings. The SMILES string of the molecule is COc1cc(C)[nH]c(=O)c1CN1CCc2c(Cl)cc(C(OC)C3CCN(C(=O)CO)CC3)c(Cl)c2C1=O. The molecule has 1 unspecified atom stereocenters. The molecule has 1 fully saturated rings. The van der Waals surface area contributed by atoms with Crippen LogP contribution in [0.3, 0.4) is 0 Å². The number of methoxy groups -OCH3 is 2. The molecule has 37 heavy (non-hydrogen) atoms. The molecule has 2 aliphatic heterocycles. The summed E-state index contributed by atoms with van der Waals surface area (Å²) in [6, 6.07) is 3.50. The number of ether oxygens (including phenoxy) is 2. The van der Waals surface area contributed by atoms with Crippen LogP contribution in [0.5, 0.6) is 5.75 Å². The fraction of sp³-hybridized carbons (Fsp3) is 0.500. The van der Waals surface area contributed by atoms with Gasteiger partial charge in [0.1, 0.15) is 12.4 Å². The lowest BCUT2D eigenvalue weighted by Crippen LogP contribution is -2.41. The first-order valence-electron chi connectivity index (χ1n) is 12.2. The Hall–Kier alpha value is -2.59. The molecule has 1 aromatic heterocycles. The van der Waals surface area contributed by atoms with Crippen molar-refractivity contribution in [2.45, 2.75) is 38.8 Å². The third kappa shape index (κ3) is 5.36. The average Bonchev–Trinajstić information content (AvgIpc) is 2.89. The largest absolute Gasteiger partial charge is 0.496 e. The van der Waals surface area contributed by atoms with Gasteiger partial charge in [-0.05, 0) is 49.8 Å². The van der Waals surface area contributed by atoms with Gasteiger partial charge in [-0.1, -0.05) is 23.2 Å². The molecule has 2 N–H and O–H groups in total. The molecule has 11 heteroatoms. The maximum atomic E-state index is 13.7. The summed E-state index contributed by atoms with van der Waals surface area (Å²) in [7, 11) is 3.08. The summed E-state index contributed by atoms with van der Waals surface area (Å²) >= 11 is 13.6. The molecule has 1 atom stereocenters. The van der Waals surface area contributed by atoms with Crippen LogP contribution in [0, 0.1) is 12.8 Å². The van der Waals surface area contributed by atoms with E-state index in [2.05, 4.69) is 4.98 Å². The normalized spacial score (nSPS) is 17.1. The van der Waals surface area contributed by atoms with E-state index < -0.39 is 12.7 Å². The smallest absolute Gasteiger partial charge is 0.256 e. The highest BCUT2D eigenvalue weighted by Gasteiger charge is 2.36.